The summed E-state index contributed by atoms with van der Waals surface area (Å²) < 4.78 is 52.0. The molecule has 6 heterocycles. The SMILES string of the molecule is CC(C)c1ccccc1C1CCCN1C1CC2(CCN(c3ccc(C(=O)NS(=O)(=O)c4ccc(OCC5COCCO5)c(O)c4)c(Oc4cnc5[nH]ccc5c4)n3)CC2)C1. The maximum absolute atomic E-state index is 13.8. The van der Waals surface area contributed by atoms with Crippen molar-refractivity contribution < 1.29 is 37.3 Å². The van der Waals surface area contributed by atoms with Gasteiger partial charge >= 0.3 is 0 Å². The number of hydrogen-bond donors (Lipinski definition) is 3. The number of sulfonamides is 1. The van der Waals surface area contributed by atoms with Gasteiger partial charge in [0.05, 0.1) is 30.9 Å². The van der Waals surface area contributed by atoms with Crippen LogP contribution in [0.4, 0.5) is 5.82 Å². The normalized spacial score (nSPS) is 21.0. The van der Waals surface area contributed by atoms with Gasteiger partial charge in [-0.1, -0.05) is 38.1 Å². The fraction of sp³-hybridized carbons (Fsp3) is 0.444. The fourth-order valence-corrected chi connectivity index (χ4v) is 10.5. The third-order valence-electron chi connectivity index (χ3n) is 12.7. The molecular formula is C45H52N6O8S. The van der Waals surface area contributed by atoms with Gasteiger partial charge in [0.1, 0.15) is 35.5 Å². The number of rotatable bonds is 12. The molecule has 60 heavy (non-hydrogen) atoms. The number of nitrogens with one attached hydrogen (secondary N) is 2. The lowest BCUT2D eigenvalue weighted by Crippen LogP contribution is -2.55. The van der Waals surface area contributed by atoms with Crippen LogP contribution in [-0.4, -0.2) is 97.5 Å². The summed E-state index contributed by atoms with van der Waals surface area (Å²) in [6.45, 7) is 8.75. The highest BCUT2D eigenvalue weighted by Crippen LogP contribution is 2.54. The number of nitrogens with zero attached hydrogens (tertiary/aromatic N) is 4. The van der Waals surface area contributed by atoms with Crippen LogP contribution in [0, 0.1) is 5.41 Å². The molecule has 0 radical (unpaired) electrons. The zero-order valence-corrected chi connectivity index (χ0v) is 34.8. The number of anilines is 1. The van der Waals surface area contributed by atoms with Crippen molar-refractivity contribution in [1.29, 1.82) is 0 Å². The predicted octanol–water partition coefficient (Wildman–Crippen LogP) is 7.08. The van der Waals surface area contributed by atoms with E-state index < -0.39 is 21.7 Å². The van der Waals surface area contributed by atoms with E-state index in [1.807, 2.05) is 6.07 Å². The fourth-order valence-electron chi connectivity index (χ4n) is 9.48. The first-order valence-electron chi connectivity index (χ1n) is 21.0. The molecule has 3 aliphatic heterocycles. The molecule has 5 aromatic rings. The van der Waals surface area contributed by atoms with Crippen molar-refractivity contribution in [2.75, 3.05) is 51.0 Å². The standard InChI is InChI=1S/C45H52N6O8S/c1-29(2)35-6-3-4-7-36(35)38-8-5-17-51(38)31-24-45(25-31)14-18-50(19-15-45)41-12-10-37(44(48-41)59-32-22-30-13-16-46-42(30)47-26-32)43(53)49-60(54,55)34-9-11-40(39(52)23-34)58-28-33-27-56-20-21-57-33/h3-4,6-7,9-13,16,22-23,26,29,31,33,38,52H,5,8,14-15,17-21,24-25,27-28H2,1-2H3,(H,46,47)(H,49,53). The van der Waals surface area contributed by atoms with Crippen LogP contribution in [0.3, 0.4) is 0 Å². The van der Waals surface area contributed by atoms with Crippen LogP contribution in [0.25, 0.3) is 11.0 Å². The van der Waals surface area contributed by atoms with Crippen LogP contribution in [0.1, 0.15) is 85.8 Å². The molecule has 15 heteroatoms. The minimum atomic E-state index is -4.44. The molecular weight excluding hydrogens is 785 g/mol. The molecule has 4 fully saturated rings. The van der Waals surface area contributed by atoms with Gasteiger partial charge in [0.15, 0.2) is 11.5 Å². The number of ether oxygens (including phenoxy) is 4. The van der Waals surface area contributed by atoms with Crippen molar-refractivity contribution in [1.82, 2.24) is 24.6 Å². The number of carbonyl (C=O) groups is 1. The molecule has 3 aromatic heterocycles. The molecule has 9 rings (SSSR count). The van der Waals surface area contributed by atoms with Gasteiger partial charge in [0.25, 0.3) is 15.9 Å². The van der Waals surface area contributed by atoms with Crippen molar-refractivity contribution in [3.05, 3.63) is 95.8 Å². The number of aromatic nitrogens is 3. The second-order valence-corrected chi connectivity index (χ2v) is 18.6. The monoisotopic (exact) mass is 836 g/mol. The van der Waals surface area contributed by atoms with Crippen molar-refractivity contribution >= 4 is 32.8 Å². The summed E-state index contributed by atoms with van der Waals surface area (Å²) in [7, 11) is -4.44. The number of benzene rings is 2. The lowest BCUT2D eigenvalue weighted by Gasteiger charge is -2.56. The summed E-state index contributed by atoms with van der Waals surface area (Å²) in [6.07, 6.45) is 9.90. The van der Waals surface area contributed by atoms with Crippen molar-refractivity contribution in [2.24, 2.45) is 5.41 Å². The highest BCUT2D eigenvalue weighted by Gasteiger charge is 2.50. The molecule has 4 aliphatic rings. The molecule has 0 bridgehead atoms. The number of pyridine rings is 2. The van der Waals surface area contributed by atoms with Gasteiger partial charge in [-0.05, 0) is 104 Å². The molecule has 1 saturated carbocycles. The molecule has 1 spiro atoms. The van der Waals surface area contributed by atoms with E-state index in [1.54, 1.807) is 24.4 Å². The summed E-state index contributed by atoms with van der Waals surface area (Å²) in [5.74, 6) is 0.149. The van der Waals surface area contributed by atoms with Crippen molar-refractivity contribution in [2.45, 2.75) is 81.4 Å². The number of aromatic amines is 1. The Kier molecular flexibility index (Phi) is 11.2. The highest BCUT2D eigenvalue weighted by molar-refractivity contribution is 7.90. The van der Waals surface area contributed by atoms with E-state index >= 15 is 0 Å². The molecule has 3 saturated heterocycles. The van der Waals surface area contributed by atoms with Gasteiger partial charge in [0, 0.05) is 42.8 Å². The van der Waals surface area contributed by atoms with Gasteiger partial charge in [-0.2, -0.15) is 4.98 Å². The molecule has 14 nitrogen and oxygen atoms in total. The lowest BCUT2D eigenvalue weighted by atomic mass is 9.60. The number of piperidine rings is 1. The zero-order valence-electron chi connectivity index (χ0n) is 34.0. The first-order chi connectivity index (χ1) is 29.0. The first kappa shape index (κ1) is 40.2. The minimum Gasteiger partial charge on any atom is -0.504 e. The predicted molar refractivity (Wildman–Crippen MR) is 225 cm³/mol. The summed E-state index contributed by atoms with van der Waals surface area (Å²) >= 11 is 0. The molecule has 1 amide bonds. The molecule has 2 atom stereocenters. The zero-order chi connectivity index (χ0) is 41.4. The number of fused-ring (bicyclic) bond motifs is 1. The third kappa shape index (κ3) is 8.27. The van der Waals surface area contributed by atoms with E-state index in [4.69, 9.17) is 23.9 Å². The Hall–Kier alpha value is -5.22. The lowest BCUT2D eigenvalue weighted by molar-refractivity contribution is -0.101. The Morgan fingerprint density at radius 2 is 1.88 bits per heavy atom. The number of phenols is 1. The van der Waals surface area contributed by atoms with Crippen LogP contribution in [0.15, 0.2) is 84.0 Å². The number of H-pyrrole nitrogens is 1. The van der Waals surface area contributed by atoms with Crippen LogP contribution >= 0.6 is 0 Å². The first-order valence-corrected chi connectivity index (χ1v) is 22.5. The summed E-state index contributed by atoms with van der Waals surface area (Å²) in [4.78, 5) is 30.8. The quantitative estimate of drug-likeness (QED) is 0.117. The average molecular weight is 837 g/mol. The Bertz CT molecular complexity index is 2450. The van der Waals surface area contributed by atoms with Crippen LogP contribution < -0.4 is 19.1 Å². The third-order valence-corrected chi connectivity index (χ3v) is 14.0. The van der Waals surface area contributed by atoms with E-state index in [0.717, 1.165) is 43.9 Å². The van der Waals surface area contributed by atoms with Gasteiger partial charge in [-0.25, -0.2) is 18.1 Å². The molecule has 3 N–H and O–H groups in total. The van der Waals surface area contributed by atoms with Crippen molar-refractivity contribution in [3.8, 4) is 23.1 Å². The molecule has 1 aliphatic carbocycles. The topological polar surface area (TPSA) is 168 Å². The maximum Gasteiger partial charge on any atom is 0.270 e. The van der Waals surface area contributed by atoms with E-state index in [1.165, 1.54) is 55.1 Å². The van der Waals surface area contributed by atoms with E-state index in [9.17, 15) is 18.3 Å². The number of aromatic hydroxyl groups is 1. The Labute approximate surface area is 350 Å². The molecule has 316 valence electrons. The number of phenolic OH excluding ortho intramolecular Hbond substituents is 1. The van der Waals surface area contributed by atoms with Gasteiger partial charge < -0.3 is 33.9 Å². The summed E-state index contributed by atoms with van der Waals surface area (Å²) in [5, 5.41) is 11.4. The average Bonchev–Trinajstić information content (AvgIpc) is 3.93. The number of amides is 1. The Morgan fingerprint density at radius 3 is 2.67 bits per heavy atom. The smallest absolute Gasteiger partial charge is 0.270 e. The van der Waals surface area contributed by atoms with Gasteiger partial charge in [-0.3, -0.25) is 9.69 Å². The number of carbonyl (C=O) groups excluding carboxylic acids is 1. The molecule has 2 unspecified atom stereocenters. The second-order valence-electron chi connectivity index (χ2n) is 16.9. The van der Waals surface area contributed by atoms with Gasteiger partial charge in [0.2, 0.25) is 5.88 Å². The Morgan fingerprint density at radius 1 is 1.05 bits per heavy atom. The van der Waals surface area contributed by atoms with Crippen molar-refractivity contribution in [3.63, 3.8) is 0 Å². The summed E-state index contributed by atoms with van der Waals surface area (Å²) in [6, 6.07) is 20.6. The highest BCUT2D eigenvalue weighted by atomic mass is 32.2. The minimum absolute atomic E-state index is 0.0526. The summed E-state index contributed by atoms with van der Waals surface area (Å²) in [5.41, 5.74) is 3.86. The number of hydrogen-bond acceptors (Lipinski definition) is 12. The molecule has 2 aromatic carbocycles. The number of likely N-dealkylation sites (tertiary alicyclic amines) is 1. The largest absolute Gasteiger partial charge is 0.504 e. The van der Waals surface area contributed by atoms with Crippen LogP contribution in [0.2, 0.25) is 0 Å². The maximum atomic E-state index is 13.8. The van der Waals surface area contributed by atoms with E-state index in [0.29, 0.717) is 60.5 Å². The van der Waals surface area contributed by atoms with E-state index in [-0.39, 0.29) is 34.8 Å². The van der Waals surface area contributed by atoms with Crippen LogP contribution in [-0.2, 0) is 19.5 Å². The van der Waals surface area contributed by atoms with E-state index in [2.05, 4.69) is 62.6 Å². The van der Waals surface area contributed by atoms with Gasteiger partial charge in [-0.15, -0.1) is 0 Å². The Balaban J connectivity index is 0.888. The second kappa shape index (κ2) is 16.7. The van der Waals surface area contributed by atoms with Crippen LogP contribution in [0.5, 0.6) is 23.1 Å².